The number of benzene rings is 2. The van der Waals surface area contributed by atoms with Crippen LogP contribution in [0, 0.1) is 11.6 Å². The van der Waals surface area contributed by atoms with Crippen molar-refractivity contribution in [3.8, 4) is 5.75 Å². The predicted octanol–water partition coefficient (Wildman–Crippen LogP) is 2.69. The maximum atomic E-state index is 13.4. The maximum absolute atomic E-state index is 13.4. The zero-order valence-electron chi connectivity index (χ0n) is 11.5. The highest BCUT2D eigenvalue weighted by Gasteiger charge is 2.29. The van der Waals surface area contributed by atoms with Crippen LogP contribution in [0.25, 0.3) is 0 Å². The molecule has 116 valence electrons. The standard InChI is InChI=1S/C15H13F2NO3S/c16-12-3-1-11(2-4-12)10-22(19,20)18-7-8-21-15-6-5-13(17)9-14(15)18/h1-6,9H,7-8,10H2. The second kappa shape index (κ2) is 5.57. The van der Waals surface area contributed by atoms with E-state index in [-0.39, 0.29) is 24.6 Å². The zero-order chi connectivity index (χ0) is 15.7. The van der Waals surface area contributed by atoms with Gasteiger partial charge in [0.25, 0.3) is 0 Å². The fraction of sp³-hybridized carbons (Fsp3) is 0.200. The van der Waals surface area contributed by atoms with Crippen LogP contribution in [0.15, 0.2) is 42.5 Å². The molecule has 0 unspecified atom stereocenters. The maximum Gasteiger partial charge on any atom is 0.239 e. The number of nitrogens with zero attached hydrogens (tertiary/aromatic N) is 1. The predicted molar refractivity (Wildman–Crippen MR) is 78.3 cm³/mol. The zero-order valence-corrected chi connectivity index (χ0v) is 12.3. The second-order valence-electron chi connectivity index (χ2n) is 4.92. The number of hydrogen-bond donors (Lipinski definition) is 0. The van der Waals surface area contributed by atoms with Crippen LogP contribution in [0.2, 0.25) is 0 Å². The summed E-state index contributed by atoms with van der Waals surface area (Å²) in [6, 6.07) is 9.01. The van der Waals surface area contributed by atoms with Gasteiger partial charge in [-0.1, -0.05) is 12.1 Å². The van der Waals surface area contributed by atoms with Gasteiger partial charge in [0.15, 0.2) is 0 Å². The minimum absolute atomic E-state index is 0.111. The Hall–Kier alpha value is -2.15. The second-order valence-corrected chi connectivity index (χ2v) is 6.81. The van der Waals surface area contributed by atoms with E-state index in [1.54, 1.807) is 0 Å². The van der Waals surface area contributed by atoms with Gasteiger partial charge in [-0.2, -0.15) is 0 Å². The molecule has 7 heteroatoms. The van der Waals surface area contributed by atoms with Gasteiger partial charge in [0.05, 0.1) is 18.0 Å². The molecule has 2 aromatic rings. The van der Waals surface area contributed by atoms with Gasteiger partial charge in [0.1, 0.15) is 24.0 Å². The molecule has 1 aliphatic heterocycles. The molecule has 0 aromatic heterocycles. The Bertz CT molecular complexity index is 791. The Morgan fingerprint density at radius 3 is 2.45 bits per heavy atom. The van der Waals surface area contributed by atoms with Gasteiger partial charge in [0, 0.05) is 6.07 Å². The van der Waals surface area contributed by atoms with Crippen LogP contribution >= 0.6 is 0 Å². The van der Waals surface area contributed by atoms with Gasteiger partial charge >= 0.3 is 0 Å². The van der Waals surface area contributed by atoms with E-state index < -0.39 is 21.7 Å². The number of fused-ring (bicyclic) bond motifs is 1. The number of halogens is 2. The average molecular weight is 325 g/mol. The monoisotopic (exact) mass is 325 g/mol. The van der Waals surface area contributed by atoms with E-state index in [0.29, 0.717) is 11.3 Å². The summed E-state index contributed by atoms with van der Waals surface area (Å²) >= 11 is 0. The van der Waals surface area contributed by atoms with E-state index >= 15 is 0 Å². The molecule has 0 spiro atoms. The number of ether oxygens (including phenoxy) is 1. The highest BCUT2D eigenvalue weighted by atomic mass is 32.2. The highest BCUT2D eigenvalue weighted by molar-refractivity contribution is 7.92. The summed E-state index contributed by atoms with van der Waals surface area (Å²) < 4.78 is 57.9. The molecule has 2 aromatic carbocycles. The van der Waals surface area contributed by atoms with Crippen LogP contribution in [0.5, 0.6) is 5.75 Å². The first-order valence-corrected chi connectivity index (χ1v) is 8.24. The largest absolute Gasteiger partial charge is 0.489 e. The Kier molecular flexibility index (Phi) is 3.74. The Balaban J connectivity index is 1.93. The third kappa shape index (κ3) is 2.89. The number of sulfonamides is 1. The van der Waals surface area contributed by atoms with Crippen LogP contribution in [0.4, 0.5) is 14.5 Å². The van der Waals surface area contributed by atoms with Gasteiger partial charge in [-0.25, -0.2) is 17.2 Å². The average Bonchev–Trinajstić information content (AvgIpc) is 2.48. The lowest BCUT2D eigenvalue weighted by Gasteiger charge is -2.30. The van der Waals surface area contributed by atoms with Crippen LogP contribution in [0.1, 0.15) is 5.56 Å². The normalized spacial score (nSPS) is 14.4. The van der Waals surface area contributed by atoms with Crippen LogP contribution in [0.3, 0.4) is 0 Å². The van der Waals surface area contributed by atoms with Crippen molar-refractivity contribution in [3.63, 3.8) is 0 Å². The van der Waals surface area contributed by atoms with E-state index in [4.69, 9.17) is 4.74 Å². The topological polar surface area (TPSA) is 46.6 Å². The molecule has 1 heterocycles. The minimum Gasteiger partial charge on any atom is -0.489 e. The van der Waals surface area contributed by atoms with Crippen molar-refractivity contribution in [2.24, 2.45) is 0 Å². The van der Waals surface area contributed by atoms with Crippen molar-refractivity contribution in [1.29, 1.82) is 0 Å². The SMILES string of the molecule is O=S(=O)(Cc1ccc(F)cc1)N1CCOc2ccc(F)cc21. The van der Waals surface area contributed by atoms with Crippen molar-refractivity contribution in [1.82, 2.24) is 0 Å². The molecule has 0 bridgehead atoms. The lowest BCUT2D eigenvalue weighted by molar-refractivity contribution is 0.315. The Morgan fingerprint density at radius 1 is 1.05 bits per heavy atom. The van der Waals surface area contributed by atoms with Crippen LogP contribution in [-0.2, 0) is 15.8 Å². The molecule has 0 saturated carbocycles. The molecular weight excluding hydrogens is 312 g/mol. The lowest BCUT2D eigenvalue weighted by atomic mass is 10.2. The summed E-state index contributed by atoms with van der Waals surface area (Å²) in [5.41, 5.74) is 0.652. The van der Waals surface area contributed by atoms with Gasteiger partial charge in [-0.15, -0.1) is 0 Å². The van der Waals surface area contributed by atoms with E-state index in [2.05, 4.69) is 0 Å². The summed E-state index contributed by atoms with van der Waals surface area (Å²) in [4.78, 5) is 0. The molecule has 0 fully saturated rings. The van der Waals surface area contributed by atoms with Gasteiger partial charge in [-0.05, 0) is 29.8 Å². The molecule has 4 nitrogen and oxygen atoms in total. The summed E-state index contributed by atoms with van der Waals surface area (Å²) in [6.45, 7) is 0.307. The highest BCUT2D eigenvalue weighted by Crippen LogP contribution is 2.34. The van der Waals surface area contributed by atoms with Gasteiger partial charge in [-0.3, -0.25) is 4.31 Å². The van der Waals surface area contributed by atoms with E-state index in [1.165, 1.54) is 36.4 Å². The van der Waals surface area contributed by atoms with Crippen LogP contribution in [-0.4, -0.2) is 21.6 Å². The minimum atomic E-state index is -3.72. The Morgan fingerprint density at radius 2 is 1.73 bits per heavy atom. The fourth-order valence-electron chi connectivity index (χ4n) is 2.32. The van der Waals surface area contributed by atoms with E-state index in [1.807, 2.05) is 0 Å². The smallest absolute Gasteiger partial charge is 0.239 e. The van der Waals surface area contributed by atoms with Crippen molar-refractivity contribution in [3.05, 3.63) is 59.7 Å². The summed E-state index contributed by atoms with van der Waals surface area (Å²) in [6.07, 6.45) is 0. The lowest BCUT2D eigenvalue weighted by Crippen LogP contribution is -2.38. The molecule has 0 saturated heterocycles. The molecule has 0 aliphatic carbocycles. The van der Waals surface area contributed by atoms with Crippen molar-refractivity contribution in [2.45, 2.75) is 5.75 Å². The van der Waals surface area contributed by atoms with Gasteiger partial charge < -0.3 is 4.74 Å². The molecule has 1 aliphatic rings. The van der Waals surface area contributed by atoms with Crippen LogP contribution < -0.4 is 9.04 Å². The molecule has 22 heavy (non-hydrogen) atoms. The van der Waals surface area contributed by atoms with Crippen molar-refractivity contribution in [2.75, 3.05) is 17.5 Å². The first-order valence-electron chi connectivity index (χ1n) is 6.63. The summed E-state index contributed by atoms with van der Waals surface area (Å²) in [7, 11) is -3.72. The number of rotatable bonds is 3. The molecular formula is C15H13F2NO3S. The molecule has 3 rings (SSSR count). The Labute approximate surface area is 127 Å². The summed E-state index contributed by atoms with van der Waals surface area (Å²) in [5, 5.41) is 0. The first-order chi connectivity index (χ1) is 10.5. The molecule has 0 N–H and O–H groups in total. The molecule has 0 radical (unpaired) electrons. The van der Waals surface area contributed by atoms with Crippen molar-refractivity contribution >= 4 is 15.7 Å². The number of hydrogen-bond acceptors (Lipinski definition) is 3. The quantitative estimate of drug-likeness (QED) is 0.872. The molecule has 0 atom stereocenters. The van der Waals surface area contributed by atoms with E-state index in [0.717, 1.165) is 10.4 Å². The fourth-order valence-corrected chi connectivity index (χ4v) is 3.89. The third-order valence-corrected chi connectivity index (χ3v) is 5.09. The molecule has 0 amide bonds. The van der Waals surface area contributed by atoms with Gasteiger partial charge in [0.2, 0.25) is 10.0 Å². The van der Waals surface area contributed by atoms with E-state index in [9.17, 15) is 17.2 Å². The van der Waals surface area contributed by atoms with Crippen molar-refractivity contribution < 1.29 is 21.9 Å². The number of anilines is 1. The summed E-state index contributed by atoms with van der Waals surface area (Å²) in [5.74, 6) is -0.926. The third-order valence-electron chi connectivity index (χ3n) is 3.34. The first kappa shape index (κ1) is 14.8.